The lowest BCUT2D eigenvalue weighted by molar-refractivity contribution is 0.0234. The molecule has 0 saturated carbocycles. The third-order valence-electron chi connectivity index (χ3n) is 4.00. The molecule has 0 aliphatic carbocycles. The molecule has 0 aromatic heterocycles. The molecule has 0 radical (unpaired) electrons. The Balaban J connectivity index is 1.51. The Labute approximate surface area is 109 Å². The molecule has 2 aliphatic heterocycles. The number of likely N-dealkylation sites (N-methyl/N-ethyl adjacent to an activating group) is 1. The van der Waals surface area contributed by atoms with E-state index in [1.807, 2.05) is 7.05 Å². The van der Waals surface area contributed by atoms with Gasteiger partial charge in [-0.05, 0) is 31.0 Å². The van der Waals surface area contributed by atoms with Crippen LogP contribution in [0, 0.1) is 0 Å². The van der Waals surface area contributed by atoms with Crippen molar-refractivity contribution in [3.63, 3.8) is 0 Å². The molecule has 3 heteroatoms. The van der Waals surface area contributed by atoms with Gasteiger partial charge >= 0.3 is 0 Å². The Bertz CT molecular complexity index is 382. The summed E-state index contributed by atoms with van der Waals surface area (Å²) in [6.07, 6.45) is 3.26. The maximum absolute atomic E-state index is 6.06. The highest BCUT2D eigenvalue weighted by Gasteiger charge is 2.28. The summed E-state index contributed by atoms with van der Waals surface area (Å²) in [6.45, 7) is 4.24. The Morgan fingerprint density at radius 1 is 1.17 bits per heavy atom. The van der Waals surface area contributed by atoms with E-state index in [1.165, 1.54) is 24.0 Å². The summed E-state index contributed by atoms with van der Waals surface area (Å²) in [6, 6.07) is 8.76. The SMILES string of the molecule is CNCC1CCC(CN2Cc3ccccc3C2)O1. The second-order valence-electron chi connectivity index (χ2n) is 5.45. The number of rotatable bonds is 4. The quantitative estimate of drug-likeness (QED) is 0.876. The van der Waals surface area contributed by atoms with E-state index in [1.54, 1.807) is 0 Å². The van der Waals surface area contributed by atoms with Gasteiger partial charge in [0.25, 0.3) is 0 Å². The van der Waals surface area contributed by atoms with Crippen LogP contribution in [0.5, 0.6) is 0 Å². The summed E-state index contributed by atoms with van der Waals surface area (Å²) in [5.74, 6) is 0. The largest absolute Gasteiger partial charge is 0.372 e. The number of nitrogens with zero attached hydrogens (tertiary/aromatic N) is 1. The minimum Gasteiger partial charge on any atom is -0.372 e. The first-order chi connectivity index (χ1) is 8.85. The zero-order chi connectivity index (χ0) is 12.4. The van der Waals surface area contributed by atoms with Gasteiger partial charge in [0.2, 0.25) is 0 Å². The summed E-state index contributed by atoms with van der Waals surface area (Å²) in [5.41, 5.74) is 2.98. The van der Waals surface area contributed by atoms with Gasteiger partial charge in [0.05, 0.1) is 12.2 Å². The van der Waals surface area contributed by atoms with Crippen LogP contribution < -0.4 is 5.32 Å². The first kappa shape index (κ1) is 12.2. The minimum atomic E-state index is 0.421. The fourth-order valence-corrected chi connectivity index (χ4v) is 3.11. The maximum Gasteiger partial charge on any atom is 0.0707 e. The van der Waals surface area contributed by atoms with Crippen LogP contribution in [0.2, 0.25) is 0 Å². The number of hydrogen-bond donors (Lipinski definition) is 1. The van der Waals surface area contributed by atoms with Crippen LogP contribution in [0.25, 0.3) is 0 Å². The standard InChI is InChI=1S/C15H22N2O/c1-16-8-14-6-7-15(18-14)11-17-9-12-4-2-3-5-13(12)10-17/h2-5,14-16H,6-11H2,1H3. The van der Waals surface area contributed by atoms with Crippen LogP contribution in [0.4, 0.5) is 0 Å². The highest BCUT2D eigenvalue weighted by molar-refractivity contribution is 5.30. The van der Waals surface area contributed by atoms with E-state index in [0.29, 0.717) is 12.2 Å². The topological polar surface area (TPSA) is 24.5 Å². The van der Waals surface area contributed by atoms with Crippen molar-refractivity contribution < 1.29 is 4.74 Å². The molecule has 3 nitrogen and oxygen atoms in total. The Morgan fingerprint density at radius 2 is 1.83 bits per heavy atom. The van der Waals surface area contributed by atoms with Gasteiger partial charge in [-0.3, -0.25) is 4.90 Å². The van der Waals surface area contributed by atoms with Crippen LogP contribution >= 0.6 is 0 Å². The van der Waals surface area contributed by atoms with Gasteiger partial charge in [-0.15, -0.1) is 0 Å². The fourth-order valence-electron chi connectivity index (χ4n) is 3.11. The molecule has 2 heterocycles. The summed E-state index contributed by atoms with van der Waals surface area (Å²) in [5, 5.41) is 3.20. The molecule has 0 spiro atoms. The molecular weight excluding hydrogens is 224 g/mol. The number of benzene rings is 1. The second-order valence-corrected chi connectivity index (χ2v) is 5.45. The van der Waals surface area contributed by atoms with Crippen molar-refractivity contribution in [1.82, 2.24) is 10.2 Å². The average Bonchev–Trinajstić information content (AvgIpc) is 2.96. The molecule has 1 N–H and O–H groups in total. The van der Waals surface area contributed by atoms with Crippen LogP contribution in [-0.4, -0.2) is 37.2 Å². The van der Waals surface area contributed by atoms with Crippen LogP contribution in [-0.2, 0) is 17.8 Å². The van der Waals surface area contributed by atoms with E-state index in [4.69, 9.17) is 4.74 Å². The Kier molecular flexibility index (Phi) is 3.64. The first-order valence-corrected chi connectivity index (χ1v) is 6.94. The lowest BCUT2D eigenvalue weighted by Gasteiger charge is -2.20. The monoisotopic (exact) mass is 246 g/mol. The van der Waals surface area contributed by atoms with Gasteiger partial charge < -0.3 is 10.1 Å². The Hall–Kier alpha value is -0.900. The molecule has 2 aliphatic rings. The summed E-state index contributed by atoms with van der Waals surface area (Å²) < 4.78 is 6.06. The molecule has 3 rings (SSSR count). The smallest absolute Gasteiger partial charge is 0.0707 e. The van der Waals surface area contributed by atoms with Crippen molar-refractivity contribution in [2.75, 3.05) is 20.1 Å². The van der Waals surface area contributed by atoms with Gasteiger partial charge in [-0.25, -0.2) is 0 Å². The van der Waals surface area contributed by atoms with Crippen LogP contribution in [0.3, 0.4) is 0 Å². The zero-order valence-electron chi connectivity index (χ0n) is 11.1. The van der Waals surface area contributed by atoms with Crippen molar-refractivity contribution in [2.24, 2.45) is 0 Å². The fraction of sp³-hybridized carbons (Fsp3) is 0.600. The molecule has 1 aromatic carbocycles. The maximum atomic E-state index is 6.06. The summed E-state index contributed by atoms with van der Waals surface area (Å²) >= 11 is 0. The number of fused-ring (bicyclic) bond motifs is 1. The van der Waals surface area contributed by atoms with E-state index < -0.39 is 0 Å². The van der Waals surface area contributed by atoms with Crippen molar-refractivity contribution >= 4 is 0 Å². The predicted octanol–water partition coefficient (Wildman–Crippen LogP) is 1.77. The molecule has 0 amide bonds. The zero-order valence-corrected chi connectivity index (χ0v) is 11.1. The highest BCUT2D eigenvalue weighted by atomic mass is 16.5. The van der Waals surface area contributed by atoms with E-state index in [9.17, 15) is 0 Å². The van der Waals surface area contributed by atoms with E-state index >= 15 is 0 Å². The lowest BCUT2D eigenvalue weighted by Crippen LogP contribution is -2.30. The van der Waals surface area contributed by atoms with E-state index in [-0.39, 0.29) is 0 Å². The average molecular weight is 246 g/mol. The third kappa shape index (κ3) is 2.58. The van der Waals surface area contributed by atoms with Crippen molar-refractivity contribution in [1.29, 1.82) is 0 Å². The summed E-state index contributed by atoms with van der Waals surface area (Å²) in [4.78, 5) is 2.51. The van der Waals surface area contributed by atoms with Gasteiger partial charge in [-0.2, -0.15) is 0 Å². The van der Waals surface area contributed by atoms with Crippen LogP contribution in [0.15, 0.2) is 24.3 Å². The predicted molar refractivity (Wildman–Crippen MR) is 72.4 cm³/mol. The van der Waals surface area contributed by atoms with Crippen molar-refractivity contribution in [2.45, 2.75) is 38.1 Å². The molecular formula is C15H22N2O. The van der Waals surface area contributed by atoms with Crippen molar-refractivity contribution in [3.8, 4) is 0 Å². The summed E-state index contributed by atoms with van der Waals surface area (Å²) in [7, 11) is 1.99. The van der Waals surface area contributed by atoms with Gasteiger partial charge in [0.1, 0.15) is 0 Å². The first-order valence-electron chi connectivity index (χ1n) is 6.94. The lowest BCUT2D eigenvalue weighted by atomic mass is 10.1. The second kappa shape index (κ2) is 5.39. The van der Waals surface area contributed by atoms with E-state index in [2.05, 4.69) is 34.5 Å². The molecule has 98 valence electrons. The Morgan fingerprint density at radius 3 is 2.50 bits per heavy atom. The number of ether oxygens (including phenoxy) is 1. The number of hydrogen-bond acceptors (Lipinski definition) is 3. The van der Waals surface area contributed by atoms with Crippen LogP contribution in [0.1, 0.15) is 24.0 Å². The van der Waals surface area contributed by atoms with Gasteiger partial charge in [-0.1, -0.05) is 24.3 Å². The number of nitrogens with one attached hydrogen (secondary N) is 1. The molecule has 1 aromatic rings. The molecule has 0 bridgehead atoms. The molecule has 2 unspecified atom stereocenters. The highest BCUT2D eigenvalue weighted by Crippen LogP contribution is 2.26. The van der Waals surface area contributed by atoms with Gasteiger partial charge in [0.15, 0.2) is 0 Å². The third-order valence-corrected chi connectivity index (χ3v) is 4.00. The van der Waals surface area contributed by atoms with E-state index in [0.717, 1.165) is 26.2 Å². The normalized spacial score (nSPS) is 27.6. The van der Waals surface area contributed by atoms with Crippen molar-refractivity contribution in [3.05, 3.63) is 35.4 Å². The molecule has 2 atom stereocenters. The molecule has 1 saturated heterocycles. The minimum absolute atomic E-state index is 0.421. The molecule has 18 heavy (non-hydrogen) atoms. The van der Waals surface area contributed by atoms with Gasteiger partial charge in [0, 0.05) is 26.2 Å². The molecule has 1 fully saturated rings.